The van der Waals surface area contributed by atoms with Crippen molar-refractivity contribution >= 4 is 40.1 Å². The molecule has 3 aromatic rings. The highest BCUT2D eigenvalue weighted by molar-refractivity contribution is 6.38. The Morgan fingerprint density at radius 2 is 2.00 bits per heavy atom. The first kappa shape index (κ1) is 12.9. The average Bonchev–Trinajstić information content (AvgIpc) is 2.88. The van der Waals surface area contributed by atoms with Crippen molar-refractivity contribution in [1.29, 1.82) is 0 Å². The summed E-state index contributed by atoms with van der Waals surface area (Å²) >= 11 is 12.1. The minimum Gasteiger partial charge on any atom is -0.476 e. The van der Waals surface area contributed by atoms with Gasteiger partial charge in [0.2, 0.25) is 0 Å². The van der Waals surface area contributed by atoms with Crippen molar-refractivity contribution in [1.82, 2.24) is 10.1 Å². The molecule has 0 unspecified atom stereocenters. The van der Waals surface area contributed by atoms with Crippen LogP contribution in [0.1, 0.15) is 10.5 Å². The molecule has 2 heterocycles. The van der Waals surface area contributed by atoms with Crippen LogP contribution in [0.5, 0.6) is 0 Å². The largest absolute Gasteiger partial charge is 0.476 e. The van der Waals surface area contributed by atoms with Gasteiger partial charge in [0.1, 0.15) is 5.15 Å². The highest BCUT2D eigenvalue weighted by Gasteiger charge is 2.16. The van der Waals surface area contributed by atoms with Crippen molar-refractivity contribution in [3.05, 3.63) is 46.2 Å². The fourth-order valence-corrected chi connectivity index (χ4v) is 2.31. The summed E-state index contributed by atoms with van der Waals surface area (Å²) in [6, 6.07) is 8.10. The van der Waals surface area contributed by atoms with Crippen LogP contribution in [0, 0.1) is 0 Å². The van der Waals surface area contributed by atoms with E-state index in [2.05, 4.69) is 10.1 Å². The van der Waals surface area contributed by atoms with Gasteiger partial charge in [0.25, 0.3) is 0 Å². The Balaban J connectivity index is 2.18. The predicted molar refractivity (Wildman–Crippen MR) is 74.2 cm³/mol. The molecule has 0 spiro atoms. The van der Waals surface area contributed by atoms with Crippen LogP contribution in [0.15, 0.2) is 34.9 Å². The van der Waals surface area contributed by atoms with E-state index in [1.54, 1.807) is 24.3 Å². The molecule has 0 aliphatic rings. The van der Waals surface area contributed by atoms with Gasteiger partial charge in [-0.25, -0.2) is 9.78 Å². The summed E-state index contributed by atoms with van der Waals surface area (Å²) < 4.78 is 5.00. The Morgan fingerprint density at radius 1 is 1.20 bits per heavy atom. The number of carboxylic acids is 1. The number of rotatable bonds is 2. The Bertz CT molecular complexity index is 830. The van der Waals surface area contributed by atoms with Crippen molar-refractivity contribution < 1.29 is 14.4 Å². The molecule has 0 saturated heterocycles. The maximum Gasteiger partial charge on any atom is 0.358 e. The zero-order valence-electron chi connectivity index (χ0n) is 9.80. The lowest BCUT2D eigenvalue weighted by Gasteiger charge is -2.04. The fourth-order valence-electron chi connectivity index (χ4n) is 1.84. The molecule has 100 valence electrons. The fraction of sp³-hybridized carbons (Fsp3) is 0. The SMILES string of the molecule is O=C(O)c1cc(-c2ccc3nc(Cl)ccc3c2Cl)on1. The van der Waals surface area contributed by atoms with Gasteiger partial charge >= 0.3 is 5.97 Å². The number of carbonyl (C=O) groups is 1. The smallest absolute Gasteiger partial charge is 0.358 e. The van der Waals surface area contributed by atoms with E-state index in [0.29, 0.717) is 26.6 Å². The summed E-state index contributed by atoms with van der Waals surface area (Å²) in [5.41, 5.74) is 1.01. The third kappa shape index (κ3) is 2.11. The summed E-state index contributed by atoms with van der Waals surface area (Å²) in [5, 5.41) is 13.8. The number of fused-ring (bicyclic) bond motifs is 1. The third-order valence-electron chi connectivity index (χ3n) is 2.77. The third-order valence-corrected chi connectivity index (χ3v) is 3.38. The monoisotopic (exact) mass is 308 g/mol. The Labute approximate surface area is 122 Å². The molecule has 0 atom stereocenters. The van der Waals surface area contributed by atoms with Crippen LogP contribution in [0.25, 0.3) is 22.2 Å². The zero-order valence-corrected chi connectivity index (χ0v) is 11.3. The average molecular weight is 309 g/mol. The first-order valence-electron chi connectivity index (χ1n) is 5.51. The van der Waals surface area contributed by atoms with Gasteiger partial charge in [0.15, 0.2) is 11.5 Å². The minimum absolute atomic E-state index is 0.176. The van der Waals surface area contributed by atoms with Gasteiger partial charge < -0.3 is 9.63 Å². The number of carboxylic acid groups (broad SMARTS) is 1. The second-order valence-electron chi connectivity index (χ2n) is 4.01. The van der Waals surface area contributed by atoms with Crippen molar-refractivity contribution in [2.75, 3.05) is 0 Å². The molecule has 1 N–H and O–H groups in total. The molecule has 20 heavy (non-hydrogen) atoms. The van der Waals surface area contributed by atoms with Crippen LogP contribution in [0.3, 0.4) is 0 Å². The molecule has 2 aromatic heterocycles. The Morgan fingerprint density at radius 3 is 2.70 bits per heavy atom. The lowest BCUT2D eigenvalue weighted by molar-refractivity contribution is 0.0686. The van der Waals surface area contributed by atoms with Crippen molar-refractivity contribution in [2.24, 2.45) is 0 Å². The molecule has 3 rings (SSSR count). The van der Waals surface area contributed by atoms with Crippen LogP contribution in [0.4, 0.5) is 0 Å². The molecule has 0 saturated carbocycles. The zero-order chi connectivity index (χ0) is 14.3. The Kier molecular flexibility index (Phi) is 3.08. The van der Waals surface area contributed by atoms with E-state index >= 15 is 0 Å². The number of aromatic nitrogens is 2. The van der Waals surface area contributed by atoms with Gasteiger partial charge in [-0.1, -0.05) is 28.4 Å². The number of halogens is 2. The number of nitrogens with zero attached hydrogens (tertiary/aromatic N) is 2. The number of pyridine rings is 1. The van der Waals surface area contributed by atoms with Gasteiger partial charge in [-0.3, -0.25) is 0 Å². The summed E-state index contributed by atoms with van der Waals surface area (Å²) in [6.45, 7) is 0. The highest BCUT2D eigenvalue weighted by atomic mass is 35.5. The Hall–Kier alpha value is -2.11. The number of benzene rings is 1. The quantitative estimate of drug-likeness (QED) is 0.727. The van der Waals surface area contributed by atoms with Gasteiger partial charge in [0.05, 0.1) is 10.5 Å². The van der Waals surface area contributed by atoms with E-state index in [1.807, 2.05) is 0 Å². The minimum atomic E-state index is -1.16. The molecule has 5 nitrogen and oxygen atoms in total. The van der Waals surface area contributed by atoms with Crippen molar-refractivity contribution in [3.8, 4) is 11.3 Å². The molecule has 0 aliphatic carbocycles. The summed E-state index contributed by atoms with van der Waals surface area (Å²) in [5.74, 6) is -0.880. The van der Waals surface area contributed by atoms with E-state index in [-0.39, 0.29) is 11.5 Å². The van der Waals surface area contributed by atoms with E-state index in [1.165, 1.54) is 6.07 Å². The van der Waals surface area contributed by atoms with E-state index in [0.717, 1.165) is 0 Å². The van der Waals surface area contributed by atoms with Gasteiger partial charge in [0, 0.05) is 17.0 Å². The molecule has 0 fully saturated rings. The summed E-state index contributed by atoms with van der Waals surface area (Å²) in [6.07, 6.45) is 0. The van der Waals surface area contributed by atoms with Gasteiger partial charge in [-0.15, -0.1) is 0 Å². The van der Waals surface area contributed by atoms with E-state index in [9.17, 15) is 4.79 Å². The summed E-state index contributed by atoms with van der Waals surface area (Å²) in [7, 11) is 0. The van der Waals surface area contributed by atoms with Crippen molar-refractivity contribution in [2.45, 2.75) is 0 Å². The second-order valence-corrected chi connectivity index (χ2v) is 4.77. The first-order chi connectivity index (χ1) is 9.56. The van der Waals surface area contributed by atoms with Gasteiger partial charge in [-0.2, -0.15) is 0 Å². The van der Waals surface area contributed by atoms with E-state index < -0.39 is 5.97 Å². The number of hydrogen-bond acceptors (Lipinski definition) is 4. The topological polar surface area (TPSA) is 76.2 Å². The molecule has 7 heteroatoms. The normalized spacial score (nSPS) is 10.9. The second kappa shape index (κ2) is 4.77. The van der Waals surface area contributed by atoms with E-state index in [4.69, 9.17) is 32.8 Å². The molecular weight excluding hydrogens is 303 g/mol. The maximum atomic E-state index is 10.8. The molecule has 0 amide bonds. The van der Waals surface area contributed by atoms with Crippen molar-refractivity contribution in [3.63, 3.8) is 0 Å². The van der Waals surface area contributed by atoms with Crippen LogP contribution in [-0.2, 0) is 0 Å². The number of hydrogen-bond donors (Lipinski definition) is 1. The standard InChI is InChI=1S/C13H6Cl2N2O3/c14-11-4-2-6-8(16-11)3-1-7(12(6)15)10-5-9(13(18)19)17-20-10/h1-5H,(H,18,19). The van der Waals surface area contributed by atoms with Gasteiger partial charge in [-0.05, 0) is 24.3 Å². The highest BCUT2D eigenvalue weighted by Crippen LogP contribution is 2.34. The lowest BCUT2D eigenvalue weighted by Crippen LogP contribution is -1.94. The molecular formula is C13H6Cl2N2O3. The molecule has 0 radical (unpaired) electrons. The molecule has 0 aliphatic heterocycles. The maximum absolute atomic E-state index is 10.8. The summed E-state index contributed by atoms with van der Waals surface area (Å²) in [4.78, 5) is 14.9. The van der Waals surface area contributed by atoms with Crippen LogP contribution in [-0.4, -0.2) is 21.2 Å². The molecule has 1 aromatic carbocycles. The van der Waals surface area contributed by atoms with Crippen LogP contribution in [0.2, 0.25) is 10.2 Å². The van der Waals surface area contributed by atoms with Crippen LogP contribution >= 0.6 is 23.2 Å². The van der Waals surface area contributed by atoms with Crippen LogP contribution < -0.4 is 0 Å². The lowest BCUT2D eigenvalue weighted by atomic mass is 10.1. The first-order valence-corrected chi connectivity index (χ1v) is 6.27. The predicted octanol–water partition coefficient (Wildman–Crippen LogP) is 3.89. The molecule has 0 bridgehead atoms. The number of aromatic carboxylic acids is 1.